The first kappa shape index (κ1) is 17.7. The van der Waals surface area contributed by atoms with E-state index in [2.05, 4.69) is 57.3 Å². The molecule has 1 N–H and O–H groups in total. The largest absolute Gasteiger partial charge is 0.341 e. The van der Waals surface area contributed by atoms with Crippen molar-refractivity contribution in [2.75, 3.05) is 13.6 Å². The van der Waals surface area contributed by atoms with Crippen LogP contribution in [-0.4, -0.2) is 30.4 Å². The molecule has 21 heavy (non-hydrogen) atoms. The number of nitrogens with zero attached hydrogens (tertiary/aromatic N) is 1. The van der Waals surface area contributed by atoms with Crippen LogP contribution in [0.15, 0.2) is 24.3 Å². The van der Waals surface area contributed by atoms with Crippen molar-refractivity contribution in [1.82, 2.24) is 10.2 Å². The monoisotopic (exact) mass is 290 g/mol. The molecular formula is C18H30N2O. The SMILES string of the molecule is CCNC(C)CC(=O)N(C)Cc1ccc(C(C)(C)C)cc1. The molecule has 0 saturated carbocycles. The molecule has 0 heterocycles. The fraction of sp³-hybridized carbons (Fsp3) is 0.611. The third-order valence-corrected chi connectivity index (χ3v) is 3.70. The predicted molar refractivity (Wildman–Crippen MR) is 89.4 cm³/mol. The molecular weight excluding hydrogens is 260 g/mol. The molecule has 0 radical (unpaired) electrons. The van der Waals surface area contributed by atoms with Gasteiger partial charge in [-0.1, -0.05) is 52.0 Å². The molecule has 1 unspecified atom stereocenters. The molecule has 0 saturated heterocycles. The Bertz CT molecular complexity index is 445. The van der Waals surface area contributed by atoms with E-state index in [1.54, 1.807) is 4.90 Å². The average molecular weight is 290 g/mol. The minimum absolute atomic E-state index is 0.168. The molecule has 3 heteroatoms. The Balaban J connectivity index is 2.58. The van der Waals surface area contributed by atoms with Gasteiger partial charge >= 0.3 is 0 Å². The maximum atomic E-state index is 12.1. The van der Waals surface area contributed by atoms with Gasteiger partial charge in [0.25, 0.3) is 0 Å². The molecule has 0 fully saturated rings. The van der Waals surface area contributed by atoms with Gasteiger partial charge in [-0.3, -0.25) is 4.79 Å². The summed E-state index contributed by atoms with van der Waals surface area (Å²) in [6.07, 6.45) is 0.546. The molecule has 0 aliphatic rings. The molecule has 0 aliphatic carbocycles. The van der Waals surface area contributed by atoms with Crippen molar-refractivity contribution in [3.05, 3.63) is 35.4 Å². The van der Waals surface area contributed by atoms with Gasteiger partial charge in [0.15, 0.2) is 0 Å². The third kappa shape index (κ3) is 5.88. The molecule has 1 aromatic rings. The molecule has 0 aliphatic heterocycles. The van der Waals surface area contributed by atoms with Crippen LogP contribution in [-0.2, 0) is 16.8 Å². The lowest BCUT2D eigenvalue weighted by Gasteiger charge is -2.22. The summed E-state index contributed by atoms with van der Waals surface area (Å²) in [4.78, 5) is 14.0. The zero-order valence-electron chi connectivity index (χ0n) is 14.4. The van der Waals surface area contributed by atoms with Crippen molar-refractivity contribution in [3.8, 4) is 0 Å². The first-order valence-corrected chi connectivity index (χ1v) is 7.80. The van der Waals surface area contributed by atoms with Gasteiger partial charge in [0, 0.05) is 26.1 Å². The van der Waals surface area contributed by atoms with Crippen molar-refractivity contribution >= 4 is 5.91 Å². The Morgan fingerprint density at radius 2 is 1.81 bits per heavy atom. The lowest BCUT2D eigenvalue weighted by molar-refractivity contribution is -0.130. The van der Waals surface area contributed by atoms with E-state index in [4.69, 9.17) is 0 Å². The normalized spacial score (nSPS) is 13.0. The Labute approximate surface area is 129 Å². The summed E-state index contributed by atoms with van der Waals surface area (Å²) in [6, 6.07) is 8.80. The Kier molecular flexibility index (Phi) is 6.41. The van der Waals surface area contributed by atoms with Crippen molar-refractivity contribution in [3.63, 3.8) is 0 Å². The van der Waals surface area contributed by atoms with Crippen molar-refractivity contribution in [1.29, 1.82) is 0 Å². The molecule has 0 spiro atoms. The minimum atomic E-state index is 0.168. The van der Waals surface area contributed by atoms with E-state index >= 15 is 0 Å². The summed E-state index contributed by atoms with van der Waals surface area (Å²) >= 11 is 0. The Morgan fingerprint density at radius 3 is 2.29 bits per heavy atom. The highest BCUT2D eigenvalue weighted by Crippen LogP contribution is 2.22. The fourth-order valence-corrected chi connectivity index (χ4v) is 2.31. The summed E-state index contributed by atoms with van der Waals surface area (Å²) in [5.74, 6) is 0.184. The van der Waals surface area contributed by atoms with E-state index in [-0.39, 0.29) is 17.4 Å². The van der Waals surface area contributed by atoms with Gasteiger partial charge in [-0.05, 0) is 30.0 Å². The summed E-state index contributed by atoms with van der Waals surface area (Å²) in [5, 5.41) is 3.27. The molecule has 0 aromatic heterocycles. The first-order chi connectivity index (χ1) is 9.74. The molecule has 1 rings (SSSR count). The highest BCUT2D eigenvalue weighted by atomic mass is 16.2. The van der Waals surface area contributed by atoms with Crippen LogP contribution in [0.25, 0.3) is 0 Å². The summed E-state index contributed by atoms with van der Waals surface area (Å²) in [6.45, 7) is 12.3. The van der Waals surface area contributed by atoms with Crippen LogP contribution in [0.3, 0.4) is 0 Å². The van der Waals surface area contributed by atoms with Gasteiger partial charge in [-0.15, -0.1) is 0 Å². The van der Waals surface area contributed by atoms with E-state index in [1.165, 1.54) is 11.1 Å². The van der Waals surface area contributed by atoms with Gasteiger partial charge in [0.05, 0.1) is 0 Å². The Hall–Kier alpha value is -1.35. The van der Waals surface area contributed by atoms with Gasteiger partial charge in [-0.25, -0.2) is 0 Å². The second kappa shape index (κ2) is 7.60. The number of carbonyl (C=O) groups excluding carboxylic acids is 1. The zero-order chi connectivity index (χ0) is 16.0. The predicted octanol–water partition coefficient (Wildman–Crippen LogP) is 3.33. The van der Waals surface area contributed by atoms with Crippen LogP contribution >= 0.6 is 0 Å². The topological polar surface area (TPSA) is 32.3 Å². The van der Waals surface area contributed by atoms with Crippen LogP contribution in [0.4, 0.5) is 0 Å². The van der Waals surface area contributed by atoms with Crippen LogP contribution < -0.4 is 5.32 Å². The molecule has 1 amide bonds. The van der Waals surface area contributed by atoms with Crippen molar-refractivity contribution < 1.29 is 4.79 Å². The average Bonchev–Trinajstić information content (AvgIpc) is 2.38. The number of rotatable bonds is 6. The van der Waals surface area contributed by atoms with Crippen LogP contribution in [0.2, 0.25) is 0 Å². The van der Waals surface area contributed by atoms with E-state index in [0.717, 1.165) is 6.54 Å². The lowest BCUT2D eigenvalue weighted by atomic mass is 9.87. The van der Waals surface area contributed by atoms with Crippen molar-refractivity contribution in [2.24, 2.45) is 0 Å². The first-order valence-electron chi connectivity index (χ1n) is 7.80. The van der Waals surface area contributed by atoms with Crippen LogP contribution in [0.5, 0.6) is 0 Å². The highest BCUT2D eigenvalue weighted by Gasteiger charge is 2.15. The second-order valence-corrected chi connectivity index (χ2v) is 6.86. The number of hydrogen-bond donors (Lipinski definition) is 1. The maximum absolute atomic E-state index is 12.1. The summed E-state index contributed by atoms with van der Waals surface area (Å²) in [5.41, 5.74) is 2.66. The number of amides is 1. The van der Waals surface area contributed by atoms with Crippen LogP contribution in [0, 0.1) is 0 Å². The van der Waals surface area contributed by atoms with Gasteiger partial charge < -0.3 is 10.2 Å². The fourth-order valence-electron chi connectivity index (χ4n) is 2.31. The molecule has 0 bridgehead atoms. The van der Waals surface area contributed by atoms with Crippen molar-refractivity contribution in [2.45, 2.75) is 59.0 Å². The second-order valence-electron chi connectivity index (χ2n) is 6.86. The van der Waals surface area contributed by atoms with E-state index in [1.807, 2.05) is 14.0 Å². The minimum Gasteiger partial charge on any atom is -0.341 e. The van der Waals surface area contributed by atoms with E-state index < -0.39 is 0 Å². The third-order valence-electron chi connectivity index (χ3n) is 3.70. The van der Waals surface area contributed by atoms with Gasteiger partial charge in [-0.2, -0.15) is 0 Å². The number of nitrogens with one attached hydrogen (secondary N) is 1. The number of benzene rings is 1. The van der Waals surface area contributed by atoms with E-state index in [9.17, 15) is 4.79 Å². The maximum Gasteiger partial charge on any atom is 0.224 e. The highest BCUT2D eigenvalue weighted by molar-refractivity contribution is 5.76. The smallest absolute Gasteiger partial charge is 0.224 e. The summed E-state index contributed by atoms with van der Waals surface area (Å²) < 4.78 is 0. The van der Waals surface area contributed by atoms with Gasteiger partial charge in [0.1, 0.15) is 0 Å². The number of hydrogen-bond acceptors (Lipinski definition) is 2. The standard InChI is InChI=1S/C18H30N2O/c1-7-19-14(2)12-17(21)20(6)13-15-8-10-16(11-9-15)18(3,4)5/h8-11,14,19H,7,12-13H2,1-6H3. The van der Waals surface area contributed by atoms with Crippen LogP contribution in [0.1, 0.15) is 52.2 Å². The lowest BCUT2D eigenvalue weighted by Crippen LogP contribution is -2.34. The zero-order valence-corrected chi connectivity index (χ0v) is 14.4. The quantitative estimate of drug-likeness (QED) is 0.871. The molecule has 118 valence electrons. The molecule has 3 nitrogen and oxygen atoms in total. The van der Waals surface area contributed by atoms with E-state index in [0.29, 0.717) is 13.0 Å². The number of carbonyl (C=O) groups is 1. The van der Waals surface area contributed by atoms with Gasteiger partial charge in [0.2, 0.25) is 5.91 Å². The molecule has 1 aromatic carbocycles. The Morgan fingerprint density at radius 1 is 1.24 bits per heavy atom. The molecule has 1 atom stereocenters. The summed E-state index contributed by atoms with van der Waals surface area (Å²) in [7, 11) is 1.87.